The van der Waals surface area contributed by atoms with E-state index in [0.29, 0.717) is 17.1 Å². The first-order valence-electron chi connectivity index (χ1n) is 13.7. The zero-order valence-corrected chi connectivity index (χ0v) is 27.6. The lowest BCUT2D eigenvalue weighted by atomic mass is 9.92. The van der Waals surface area contributed by atoms with Gasteiger partial charge in [0.15, 0.2) is 14.1 Å². The molecule has 208 valence electrons. The third-order valence-electron chi connectivity index (χ3n) is 8.49. The minimum atomic E-state index is -1.76. The molecule has 0 bridgehead atoms. The first kappa shape index (κ1) is 30.1. The second kappa shape index (κ2) is 12.0. The Morgan fingerprint density at radius 1 is 1.13 bits per heavy atom. The summed E-state index contributed by atoms with van der Waals surface area (Å²) in [6.45, 7) is 19.0. The van der Waals surface area contributed by atoms with Gasteiger partial charge in [-0.25, -0.2) is 4.98 Å². The lowest BCUT2D eigenvalue weighted by molar-refractivity contribution is 0.0987. The van der Waals surface area contributed by atoms with Gasteiger partial charge in [0.2, 0.25) is 0 Å². The molecule has 0 saturated carbocycles. The number of hydrogen-bond acceptors (Lipinski definition) is 4. The minimum Gasteiger partial charge on any atom is -0.416 e. The number of ketones is 1. The van der Waals surface area contributed by atoms with Gasteiger partial charge in [0, 0.05) is 42.7 Å². The summed E-state index contributed by atoms with van der Waals surface area (Å²) >= 11 is 10.1. The van der Waals surface area contributed by atoms with E-state index in [4.69, 9.17) is 21.0 Å². The van der Waals surface area contributed by atoms with Gasteiger partial charge in [0.25, 0.3) is 0 Å². The molecule has 1 aromatic heterocycles. The van der Waals surface area contributed by atoms with Gasteiger partial charge in [-0.3, -0.25) is 9.69 Å². The molecule has 0 amide bonds. The van der Waals surface area contributed by atoms with E-state index in [1.807, 2.05) is 36.4 Å². The summed E-state index contributed by atoms with van der Waals surface area (Å²) < 4.78 is 7.27. The number of aromatic nitrogens is 1. The minimum absolute atomic E-state index is 0.0415. The second-order valence-electron chi connectivity index (χ2n) is 12.2. The van der Waals surface area contributed by atoms with E-state index in [1.165, 1.54) is 5.56 Å². The van der Waals surface area contributed by atoms with Gasteiger partial charge in [-0.2, -0.15) is 0 Å². The summed E-state index contributed by atoms with van der Waals surface area (Å²) in [6, 6.07) is 14.0. The Morgan fingerprint density at radius 2 is 1.82 bits per heavy atom. The molecule has 0 N–H and O–H groups in total. The monoisotopic (exact) mass is 626 g/mol. The molecule has 1 aliphatic rings. The molecule has 0 fully saturated rings. The fourth-order valence-electron chi connectivity index (χ4n) is 4.92. The van der Waals surface area contributed by atoms with Crippen LogP contribution in [0.2, 0.25) is 23.2 Å². The number of halogens is 2. The normalized spacial score (nSPS) is 14.4. The Morgan fingerprint density at radius 3 is 2.54 bits per heavy atom. The van der Waals surface area contributed by atoms with E-state index >= 15 is 0 Å². The highest BCUT2D eigenvalue weighted by Crippen LogP contribution is 2.37. The van der Waals surface area contributed by atoms with Crippen LogP contribution in [0.15, 0.2) is 46.9 Å². The molecule has 4 rings (SSSR count). The number of carbonyl (C=O) groups is 1. The Labute approximate surface area is 248 Å². The maximum Gasteiger partial charge on any atom is 0.192 e. The molecule has 7 heteroatoms. The molecule has 0 spiro atoms. The largest absolute Gasteiger partial charge is 0.416 e. The van der Waals surface area contributed by atoms with Gasteiger partial charge in [-0.1, -0.05) is 62.7 Å². The number of aryl methyl sites for hydroxylation is 1. The smallest absolute Gasteiger partial charge is 0.192 e. The van der Waals surface area contributed by atoms with E-state index in [1.54, 1.807) is 0 Å². The maximum absolute atomic E-state index is 13.5. The van der Waals surface area contributed by atoms with Crippen molar-refractivity contribution < 1.29 is 9.22 Å². The molecular formula is C32H40BrClN2O2Si. The van der Waals surface area contributed by atoms with Gasteiger partial charge in [-0.05, 0) is 94.3 Å². The molecule has 4 nitrogen and oxygen atoms in total. The van der Waals surface area contributed by atoms with E-state index < -0.39 is 8.32 Å². The number of Topliss-reactive ketones (excluding diaryl/α,β-unsaturated/α-hetero) is 1. The summed E-state index contributed by atoms with van der Waals surface area (Å²) in [5.74, 6) is 0.0415. The van der Waals surface area contributed by atoms with Crippen molar-refractivity contribution >= 4 is 41.6 Å². The van der Waals surface area contributed by atoms with Crippen molar-refractivity contribution in [2.24, 2.45) is 0 Å². The topological polar surface area (TPSA) is 42.4 Å². The lowest BCUT2D eigenvalue weighted by Crippen LogP contribution is -2.43. The van der Waals surface area contributed by atoms with Crippen LogP contribution in [0, 0.1) is 13.8 Å². The van der Waals surface area contributed by atoms with Crippen molar-refractivity contribution in [3.05, 3.63) is 85.6 Å². The first-order chi connectivity index (χ1) is 18.3. The fraction of sp³-hybridized carbons (Fsp3) is 0.438. The number of nitrogens with zero attached hydrogens (tertiary/aromatic N) is 2. The molecule has 0 saturated heterocycles. The fourth-order valence-corrected chi connectivity index (χ4v) is 6.55. The van der Waals surface area contributed by atoms with Gasteiger partial charge in [-0.15, -0.1) is 0 Å². The molecule has 2 aromatic carbocycles. The number of benzene rings is 2. The summed E-state index contributed by atoms with van der Waals surface area (Å²) in [4.78, 5) is 20.8. The van der Waals surface area contributed by atoms with E-state index in [-0.39, 0.29) is 10.8 Å². The third kappa shape index (κ3) is 6.74. The highest BCUT2D eigenvalue weighted by atomic mass is 79.9. The van der Waals surface area contributed by atoms with Crippen molar-refractivity contribution in [3.63, 3.8) is 0 Å². The van der Waals surface area contributed by atoms with Crippen molar-refractivity contribution in [1.29, 1.82) is 0 Å². The van der Waals surface area contributed by atoms with Crippen LogP contribution in [0.25, 0.3) is 11.1 Å². The van der Waals surface area contributed by atoms with Crippen molar-refractivity contribution in [2.75, 3.05) is 19.7 Å². The maximum atomic E-state index is 13.5. The number of pyridine rings is 1. The molecule has 0 atom stereocenters. The van der Waals surface area contributed by atoms with E-state index in [2.05, 4.69) is 74.6 Å². The van der Waals surface area contributed by atoms with Gasteiger partial charge in [0.05, 0.1) is 10.7 Å². The number of rotatable bonds is 8. The first-order valence-corrected chi connectivity index (χ1v) is 17.8. The molecule has 0 aliphatic carbocycles. The van der Waals surface area contributed by atoms with Crippen LogP contribution in [0.5, 0.6) is 0 Å². The molecule has 3 aromatic rings. The van der Waals surface area contributed by atoms with Crippen molar-refractivity contribution in [1.82, 2.24) is 9.88 Å². The zero-order chi connectivity index (χ0) is 28.5. The SMILES string of the molecule is Cc1cc(C(=O)Cc2cccc(-c3cccc(Br)c3Cl)c2C)nc2c1CCN(CCO[Si](C)(C)C(C)(C)C)C2. The standard InChI is InChI=1S/C32H40BrClN2O2Si/c1-21-18-28(35-29-20-36(15-14-24(21)29)16-17-38-39(6,7)32(3,4)5)30(37)19-23-10-8-11-25(22(23)2)26-12-9-13-27(33)31(26)34/h8-13,18H,14-17,19-20H2,1-7H3. The van der Waals surface area contributed by atoms with Crippen molar-refractivity contribution in [2.45, 2.75) is 72.1 Å². The number of hydrogen-bond donors (Lipinski definition) is 0. The van der Waals surface area contributed by atoms with E-state index in [9.17, 15) is 4.79 Å². The highest BCUT2D eigenvalue weighted by Gasteiger charge is 2.37. The number of fused-ring (bicyclic) bond motifs is 1. The Kier molecular flexibility index (Phi) is 9.24. The predicted octanol–water partition coefficient (Wildman–Crippen LogP) is 8.59. The van der Waals surface area contributed by atoms with Crippen LogP contribution in [0.3, 0.4) is 0 Å². The molecule has 39 heavy (non-hydrogen) atoms. The van der Waals surface area contributed by atoms with E-state index in [0.717, 1.165) is 70.6 Å². The van der Waals surface area contributed by atoms with Gasteiger partial charge < -0.3 is 4.43 Å². The zero-order valence-electron chi connectivity index (χ0n) is 24.3. The molecule has 0 radical (unpaired) electrons. The number of carbonyl (C=O) groups excluding carboxylic acids is 1. The lowest BCUT2D eigenvalue weighted by Gasteiger charge is -2.37. The van der Waals surface area contributed by atoms with Crippen LogP contribution >= 0.6 is 27.5 Å². The average Bonchev–Trinajstić information content (AvgIpc) is 2.86. The molecule has 2 heterocycles. The van der Waals surface area contributed by atoms with Crippen LogP contribution in [0.4, 0.5) is 0 Å². The third-order valence-corrected chi connectivity index (χ3v) is 14.3. The van der Waals surface area contributed by atoms with Crippen molar-refractivity contribution in [3.8, 4) is 11.1 Å². The predicted molar refractivity (Wildman–Crippen MR) is 168 cm³/mol. The average molecular weight is 628 g/mol. The van der Waals surface area contributed by atoms with Gasteiger partial charge in [0.1, 0.15) is 5.69 Å². The Bertz CT molecular complexity index is 1380. The molecular weight excluding hydrogens is 588 g/mol. The molecule has 0 unspecified atom stereocenters. The summed E-state index contributed by atoms with van der Waals surface area (Å²) in [5.41, 5.74) is 8.08. The highest BCUT2D eigenvalue weighted by molar-refractivity contribution is 9.10. The summed E-state index contributed by atoms with van der Waals surface area (Å²) in [5, 5.41) is 0.882. The molecule has 1 aliphatic heterocycles. The Hall–Kier alpha value is -1.83. The van der Waals surface area contributed by atoms with Crippen LogP contribution in [-0.2, 0) is 23.8 Å². The van der Waals surface area contributed by atoms with Crippen LogP contribution < -0.4 is 0 Å². The van der Waals surface area contributed by atoms with Gasteiger partial charge >= 0.3 is 0 Å². The quantitative estimate of drug-likeness (QED) is 0.185. The van der Waals surface area contributed by atoms with Crippen LogP contribution in [0.1, 0.15) is 59.2 Å². The Balaban J connectivity index is 1.49. The van der Waals surface area contributed by atoms with Crippen LogP contribution in [-0.4, -0.2) is 43.7 Å². The second-order valence-corrected chi connectivity index (χ2v) is 18.2. The summed E-state index contributed by atoms with van der Waals surface area (Å²) in [7, 11) is -1.76. The summed E-state index contributed by atoms with van der Waals surface area (Å²) in [6.07, 6.45) is 1.26.